The number of methoxy groups -OCH3 is 1. The van der Waals surface area contributed by atoms with Gasteiger partial charge in [-0.15, -0.1) is 0 Å². The van der Waals surface area contributed by atoms with E-state index in [-0.39, 0.29) is 18.0 Å². The van der Waals surface area contributed by atoms with E-state index in [1.165, 1.54) is 16.4 Å². The molecule has 1 unspecified atom stereocenters. The largest absolute Gasteiger partial charge is 0.496 e. The predicted octanol–water partition coefficient (Wildman–Crippen LogP) is 3.29. The van der Waals surface area contributed by atoms with Crippen LogP contribution in [0.1, 0.15) is 24.0 Å². The normalized spacial score (nSPS) is 17.7. The summed E-state index contributed by atoms with van der Waals surface area (Å²) in [5.74, 6) is -0.856. The quantitative estimate of drug-likeness (QED) is 0.670. The number of halogens is 1. The van der Waals surface area contributed by atoms with Crippen molar-refractivity contribution in [1.29, 1.82) is 0 Å². The Bertz CT molecular complexity index is 975. The zero-order valence-electron chi connectivity index (χ0n) is 16.4. The van der Waals surface area contributed by atoms with Crippen molar-refractivity contribution >= 4 is 16.0 Å². The highest BCUT2D eigenvalue weighted by Crippen LogP contribution is 2.26. The monoisotopic (exact) mass is 421 g/mol. The molecular weight excluding hydrogens is 397 g/mol. The highest BCUT2D eigenvalue weighted by molar-refractivity contribution is 7.89. The Morgan fingerprint density at radius 3 is 2.62 bits per heavy atom. The minimum absolute atomic E-state index is 0.0115. The molecule has 0 spiro atoms. The smallest absolute Gasteiger partial charge is 0.310 e. The Morgan fingerprint density at radius 1 is 1.21 bits per heavy atom. The second-order valence-corrected chi connectivity index (χ2v) is 9.02. The van der Waals surface area contributed by atoms with Gasteiger partial charge in [0.1, 0.15) is 18.2 Å². The van der Waals surface area contributed by atoms with E-state index in [1.54, 1.807) is 7.11 Å². The lowest BCUT2D eigenvalue weighted by molar-refractivity contribution is -0.151. The molecule has 1 fully saturated rings. The van der Waals surface area contributed by atoms with Crippen LogP contribution in [0.3, 0.4) is 0 Å². The van der Waals surface area contributed by atoms with E-state index in [0.29, 0.717) is 25.1 Å². The van der Waals surface area contributed by atoms with Gasteiger partial charge in [0.05, 0.1) is 17.9 Å². The fourth-order valence-electron chi connectivity index (χ4n) is 3.40. The first-order valence-electron chi connectivity index (χ1n) is 9.37. The molecule has 1 saturated heterocycles. The maximum absolute atomic E-state index is 13.1. The van der Waals surface area contributed by atoms with Crippen LogP contribution < -0.4 is 4.74 Å². The van der Waals surface area contributed by atoms with Gasteiger partial charge in [-0.1, -0.05) is 11.6 Å². The molecule has 3 rings (SSSR count). The van der Waals surface area contributed by atoms with Crippen LogP contribution in [0, 0.1) is 18.7 Å². The third-order valence-electron chi connectivity index (χ3n) is 4.97. The van der Waals surface area contributed by atoms with Crippen LogP contribution in [0.15, 0.2) is 47.4 Å². The van der Waals surface area contributed by atoms with E-state index in [2.05, 4.69) is 0 Å². The van der Waals surface area contributed by atoms with Gasteiger partial charge in [0.25, 0.3) is 0 Å². The van der Waals surface area contributed by atoms with Gasteiger partial charge in [-0.25, -0.2) is 12.8 Å². The molecule has 0 aliphatic carbocycles. The van der Waals surface area contributed by atoms with Crippen molar-refractivity contribution in [1.82, 2.24) is 4.31 Å². The van der Waals surface area contributed by atoms with E-state index >= 15 is 0 Å². The maximum atomic E-state index is 13.1. The molecule has 2 aromatic rings. The molecule has 1 heterocycles. The molecular formula is C21H24FNO5S. The number of piperidine rings is 1. The van der Waals surface area contributed by atoms with Gasteiger partial charge < -0.3 is 9.47 Å². The van der Waals surface area contributed by atoms with Crippen molar-refractivity contribution in [2.45, 2.75) is 31.3 Å². The van der Waals surface area contributed by atoms with Crippen molar-refractivity contribution in [3.63, 3.8) is 0 Å². The van der Waals surface area contributed by atoms with Crippen molar-refractivity contribution in [3.8, 4) is 5.75 Å². The number of hydrogen-bond acceptors (Lipinski definition) is 5. The Balaban J connectivity index is 1.66. The van der Waals surface area contributed by atoms with Crippen molar-refractivity contribution in [2.24, 2.45) is 5.92 Å². The third-order valence-corrected chi connectivity index (χ3v) is 6.85. The summed E-state index contributed by atoms with van der Waals surface area (Å²) in [5.41, 5.74) is 1.78. The molecule has 0 saturated carbocycles. The summed E-state index contributed by atoms with van der Waals surface area (Å²) < 4.78 is 50.7. The lowest BCUT2D eigenvalue weighted by atomic mass is 10.00. The molecule has 0 radical (unpaired) electrons. The lowest BCUT2D eigenvalue weighted by Gasteiger charge is -2.30. The van der Waals surface area contributed by atoms with Gasteiger partial charge in [0.15, 0.2) is 0 Å². The number of nitrogens with zero attached hydrogens (tertiary/aromatic N) is 1. The minimum atomic E-state index is -3.79. The molecule has 0 bridgehead atoms. The summed E-state index contributed by atoms with van der Waals surface area (Å²) >= 11 is 0. The van der Waals surface area contributed by atoms with E-state index in [0.717, 1.165) is 23.3 Å². The zero-order chi connectivity index (χ0) is 21.0. The van der Waals surface area contributed by atoms with Gasteiger partial charge in [0.2, 0.25) is 10.0 Å². The number of hydrogen-bond donors (Lipinski definition) is 0. The van der Waals surface area contributed by atoms with Crippen molar-refractivity contribution in [3.05, 3.63) is 59.4 Å². The van der Waals surface area contributed by atoms with Gasteiger partial charge in [0, 0.05) is 18.7 Å². The van der Waals surface area contributed by atoms with Crippen molar-refractivity contribution in [2.75, 3.05) is 20.2 Å². The van der Waals surface area contributed by atoms with Crippen LogP contribution in [0.2, 0.25) is 0 Å². The third kappa shape index (κ3) is 4.94. The van der Waals surface area contributed by atoms with Gasteiger partial charge >= 0.3 is 5.97 Å². The van der Waals surface area contributed by atoms with E-state index in [1.807, 2.05) is 25.1 Å². The first kappa shape index (κ1) is 21.3. The Labute approximate surface area is 170 Å². The Kier molecular flexibility index (Phi) is 6.54. The maximum Gasteiger partial charge on any atom is 0.310 e. The van der Waals surface area contributed by atoms with Crippen LogP contribution >= 0.6 is 0 Å². The first-order chi connectivity index (χ1) is 13.8. The van der Waals surface area contributed by atoms with Crippen LogP contribution in [-0.4, -0.2) is 38.9 Å². The lowest BCUT2D eigenvalue weighted by Crippen LogP contribution is -2.42. The molecule has 0 amide bonds. The summed E-state index contributed by atoms with van der Waals surface area (Å²) in [6.07, 6.45) is 1.10. The van der Waals surface area contributed by atoms with Crippen LogP contribution in [-0.2, 0) is 26.2 Å². The molecule has 2 aromatic carbocycles. The number of rotatable bonds is 6. The highest BCUT2D eigenvalue weighted by atomic mass is 32.2. The van der Waals surface area contributed by atoms with Crippen LogP contribution in [0.4, 0.5) is 4.39 Å². The molecule has 6 nitrogen and oxygen atoms in total. The number of sulfonamides is 1. The topological polar surface area (TPSA) is 72.9 Å². The summed E-state index contributed by atoms with van der Waals surface area (Å²) in [6.45, 7) is 2.35. The number of benzene rings is 2. The fraction of sp³-hybridized carbons (Fsp3) is 0.381. The average molecular weight is 421 g/mol. The second kappa shape index (κ2) is 8.92. The number of aryl methyl sites for hydroxylation is 1. The van der Waals surface area contributed by atoms with E-state index < -0.39 is 27.7 Å². The summed E-state index contributed by atoms with van der Waals surface area (Å²) in [7, 11) is -2.24. The number of ether oxygens (including phenoxy) is 2. The van der Waals surface area contributed by atoms with Crippen LogP contribution in [0.25, 0.3) is 0 Å². The molecule has 156 valence electrons. The van der Waals surface area contributed by atoms with Crippen LogP contribution in [0.5, 0.6) is 5.75 Å². The van der Waals surface area contributed by atoms with Gasteiger partial charge in [-0.2, -0.15) is 4.31 Å². The molecule has 29 heavy (non-hydrogen) atoms. The SMILES string of the molecule is COc1ccc(C)cc1COC(=O)C1CCCN(S(=O)(=O)c2ccc(F)cc2)C1. The number of esters is 1. The van der Waals surface area contributed by atoms with Crippen molar-refractivity contribution < 1.29 is 27.1 Å². The van der Waals surface area contributed by atoms with E-state index in [4.69, 9.17) is 9.47 Å². The number of carbonyl (C=O) groups is 1. The molecule has 8 heteroatoms. The average Bonchev–Trinajstić information content (AvgIpc) is 2.72. The standard InChI is InChI=1S/C21H24FNO5S/c1-15-5-10-20(27-2)17(12-15)14-28-21(24)16-4-3-11-23(13-16)29(25,26)19-8-6-18(22)7-9-19/h5-10,12,16H,3-4,11,13-14H2,1-2H3. The van der Waals surface area contributed by atoms with Gasteiger partial charge in [-0.3, -0.25) is 4.79 Å². The molecule has 0 N–H and O–H groups in total. The minimum Gasteiger partial charge on any atom is -0.496 e. The number of carbonyl (C=O) groups excluding carboxylic acids is 1. The fourth-order valence-corrected chi connectivity index (χ4v) is 4.92. The molecule has 1 atom stereocenters. The van der Waals surface area contributed by atoms with Gasteiger partial charge in [-0.05, 0) is 56.2 Å². The Morgan fingerprint density at radius 2 is 1.93 bits per heavy atom. The summed E-state index contributed by atoms with van der Waals surface area (Å²) in [6, 6.07) is 10.3. The summed E-state index contributed by atoms with van der Waals surface area (Å²) in [4.78, 5) is 12.6. The zero-order valence-corrected chi connectivity index (χ0v) is 17.2. The highest BCUT2D eigenvalue weighted by Gasteiger charge is 2.34. The molecule has 0 aromatic heterocycles. The second-order valence-electron chi connectivity index (χ2n) is 7.08. The Hall–Kier alpha value is -2.45. The molecule has 1 aliphatic rings. The predicted molar refractivity (Wildman–Crippen MR) is 105 cm³/mol. The first-order valence-corrected chi connectivity index (χ1v) is 10.8. The summed E-state index contributed by atoms with van der Waals surface area (Å²) in [5, 5.41) is 0. The molecule has 1 aliphatic heterocycles. The van der Waals surface area contributed by atoms with E-state index in [9.17, 15) is 17.6 Å².